The van der Waals surface area contributed by atoms with E-state index in [4.69, 9.17) is 0 Å². The standard InChI is InChI=1S/C12H19N3/c1-9(2)6-11-7-12(14-8-13-11)15-10-4-3-5-10/h7-10H,3-6H2,1-2H3,(H,13,14,15). The second-order valence-corrected chi connectivity index (χ2v) is 4.76. The summed E-state index contributed by atoms with van der Waals surface area (Å²) in [6, 6.07) is 2.73. The van der Waals surface area contributed by atoms with E-state index in [9.17, 15) is 0 Å². The zero-order valence-electron chi connectivity index (χ0n) is 9.53. The molecule has 82 valence electrons. The van der Waals surface area contributed by atoms with Crippen molar-refractivity contribution in [2.45, 2.75) is 45.6 Å². The van der Waals surface area contributed by atoms with Gasteiger partial charge in [-0.1, -0.05) is 13.8 Å². The summed E-state index contributed by atoms with van der Waals surface area (Å²) >= 11 is 0. The summed E-state index contributed by atoms with van der Waals surface area (Å²) in [6.07, 6.45) is 6.61. The molecule has 0 radical (unpaired) electrons. The van der Waals surface area contributed by atoms with Gasteiger partial charge in [-0.2, -0.15) is 0 Å². The molecule has 3 nitrogen and oxygen atoms in total. The van der Waals surface area contributed by atoms with E-state index in [0.29, 0.717) is 12.0 Å². The highest BCUT2D eigenvalue weighted by Gasteiger charge is 2.17. The smallest absolute Gasteiger partial charge is 0.129 e. The summed E-state index contributed by atoms with van der Waals surface area (Å²) in [4.78, 5) is 8.53. The quantitative estimate of drug-likeness (QED) is 0.821. The Morgan fingerprint density at radius 1 is 1.40 bits per heavy atom. The first-order valence-electron chi connectivity index (χ1n) is 5.81. The average Bonchev–Trinajstić information content (AvgIpc) is 2.11. The Labute approximate surface area is 91.3 Å². The normalized spacial score (nSPS) is 16.5. The Bertz CT molecular complexity index is 318. The zero-order chi connectivity index (χ0) is 10.7. The van der Waals surface area contributed by atoms with Crippen molar-refractivity contribution in [3.63, 3.8) is 0 Å². The lowest BCUT2D eigenvalue weighted by Gasteiger charge is -2.26. The molecule has 1 heterocycles. The van der Waals surface area contributed by atoms with Gasteiger partial charge in [-0.25, -0.2) is 9.97 Å². The summed E-state index contributed by atoms with van der Waals surface area (Å²) < 4.78 is 0. The Kier molecular flexibility index (Phi) is 3.19. The van der Waals surface area contributed by atoms with Crippen LogP contribution in [0.25, 0.3) is 0 Å². The minimum Gasteiger partial charge on any atom is -0.367 e. The van der Waals surface area contributed by atoms with Gasteiger partial charge in [-0.05, 0) is 31.6 Å². The monoisotopic (exact) mass is 205 g/mol. The van der Waals surface area contributed by atoms with E-state index in [-0.39, 0.29) is 0 Å². The summed E-state index contributed by atoms with van der Waals surface area (Å²) in [5, 5.41) is 3.44. The summed E-state index contributed by atoms with van der Waals surface area (Å²) in [6.45, 7) is 4.42. The molecule has 1 saturated carbocycles. The third kappa shape index (κ3) is 2.91. The molecule has 1 fully saturated rings. The number of anilines is 1. The van der Waals surface area contributed by atoms with Crippen molar-refractivity contribution < 1.29 is 0 Å². The largest absolute Gasteiger partial charge is 0.367 e. The molecule has 0 spiro atoms. The van der Waals surface area contributed by atoms with E-state index in [1.807, 2.05) is 0 Å². The first-order valence-corrected chi connectivity index (χ1v) is 5.81. The van der Waals surface area contributed by atoms with E-state index in [2.05, 4.69) is 35.2 Å². The molecule has 1 aliphatic carbocycles. The average molecular weight is 205 g/mol. The lowest BCUT2D eigenvalue weighted by atomic mass is 9.93. The maximum Gasteiger partial charge on any atom is 0.129 e. The molecule has 2 rings (SSSR count). The van der Waals surface area contributed by atoms with Crippen molar-refractivity contribution in [2.75, 3.05) is 5.32 Å². The van der Waals surface area contributed by atoms with Crippen LogP contribution < -0.4 is 5.32 Å². The molecule has 15 heavy (non-hydrogen) atoms. The number of nitrogens with one attached hydrogen (secondary N) is 1. The molecule has 1 aliphatic rings. The fourth-order valence-corrected chi connectivity index (χ4v) is 1.77. The van der Waals surface area contributed by atoms with E-state index in [1.54, 1.807) is 6.33 Å². The molecule has 0 unspecified atom stereocenters. The van der Waals surface area contributed by atoms with Crippen LogP contribution in [-0.2, 0) is 6.42 Å². The molecule has 0 saturated heterocycles. The number of nitrogens with zero attached hydrogens (tertiary/aromatic N) is 2. The van der Waals surface area contributed by atoms with Gasteiger partial charge >= 0.3 is 0 Å². The van der Waals surface area contributed by atoms with Crippen LogP contribution >= 0.6 is 0 Å². The molecule has 0 amide bonds. The predicted molar refractivity (Wildman–Crippen MR) is 61.8 cm³/mol. The van der Waals surface area contributed by atoms with E-state index >= 15 is 0 Å². The van der Waals surface area contributed by atoms with Crippen molar-refractivity contribution in [1.82, 2.24) is 9.97 Å². The first kappa shape index (κ1) is 10.4. The van der Waals surface area contributed by atoms with Gasteiger partial charge in [0, 0.05) is 17.8 Å². The van der Waals surface area contributed by atoms with Crippen molar-refractivity contribution in [3.8, 4) is 0 Å². The van der Waals surface area contributed by atoms with Crippen molar-refractivity contribution in [2.24, 2.45) is 5.92 Å². The van der Waals surface area contributed by atoms with Crippen LogP contribution in [0.2, 0.25) is 0 Å². The van der Waals surface area contributed by atoms with Gasteiger partial charge in [-0.3, -0.25) is 0 Å². The maximum absolute atomic E-state index is 4.28. The lowest BCUT2D eigenvalue weighted by Crippen LogP contribution is -2.27. The second-order valence-electron chi connectivity index (χ2n) is 4.76. The minimum atomic E-state index is 0.645. The molecule has 3 heteroatoms. The van der Waals surface area contributed by atoms with Gasteiger partial charge in [0.05, 0.1) is 0 Å². The minimum absolute atomic E-state index is 0.645. The van der Waals surface area contributed by atoms with Gasteiger partial charge in [0.2, 0.25) is 0 Å². The number of hydrogen-bond donors (Lipinski definition) is 1. The van der Waals surface area contributed by atoms with Crippen LogP contribution in [0.5, 0.6) is 0 Å². The SMILES string of the molecule is CC(C)Cc1cc(NC2CCC2)ncn1. The fraction of sp³-hybridized carbons (Fsp3) is 0.667. The van der Waals surface area contributed by atoms with E-state index in [1.165, 1.54) is 19.3 Å². The fourth-order valence-electron chi connectivity index (χ4n) is 1.77. The molecule has 1 aromatic rings. The highest BCUT2D eigenvalue weighted by Crippen LogP contribution is 2.22. The van der Waals surface area contributed by atoms with E-state index in [0.717, 1.165) is 17.9 Å². The van der Waals surface area contributed by atoms with Crippen molar-refractivity contribution in [1.29, 1.82) is 0 Å². The Hall–Kier alpha value is -1.12. The van der Waals surface area contributed by atoms with Crippen LogP contribution in [0, 0.1) is 5.92 Å². The van der Waals surface area contributed by atoms with Crippen LogP contribution in [0.3, 0.4) is 0 Å². The van der Waals surface area contributed by atoms with Gasteiger partial charge in [-0.15, -0.1) is 0 Å². The molecule has 1 N–H and O–H groups in total. The highest BCUT2D eigenvalue weighted by atomic mass is 15.0. The molecule has 0 aliphatic heterocycles. The maximum atomic E-state index is 4.28. The summed E-state index contributed by atoms with van der Waals surface area (Å²) in [5.74, 6) is 1.64. The van der Waals surface area contributed by atoms with Gasteiger partial charge in [0.25, 0.3) is 0 Å². The van der Waals surface area contributed by atoms with Gasteiger partial charge in [0.15, 0.2) is 0 Å². The van der Waals surface area contributed by atoms with Crippen LogP contribution in [0.4, 0.5) is 5.82 Å². The van der Waals surface area contributed by atoms with Crippen molar-refractivity contribution in [3.05, 3.63) is 18.1 Å². The Morgan fingerprint density at radius 3 is 2.80 bits per heavy atom. The number of aromatic nitrogens is 2. The predicted octanol–water partition coefficient (Wildman–Crippen LogP) is 2.64. The van der Waals surface area contributed by atoms with Crippen LogP contribution in [0.1, 0.15) is 38.8 Å². The number of rotatable bonds is 4. The van der Waals surface area contributed by atoms with Crippen molar-refractivity contribution >= 4 is 5.82 Å². The third-order valence-corrected chi connectivity index (χ3v) is 2.80. The molecule has 0 atom stereocenters. The lowest BCUT2D eigenvalue weighted by molar-refractivity contribution is 0.444. The van der Waals surface area contributed by atoms with E-state index < -0.39 is 0 Å². The molecule has 0 bridgehead atoms. The Balaban J connectivity index is 1.98. The van der Waals surface area contributed by atoms with Gasteiger partial charge in [0.1, 0.15) is 12.1 Å². The van der Waals surface area contributed by atoms with Crippen LogP contribution in [-0.4, -0.2) is 16.0 Å². The highest BCUT2D eigenvalue weighted by molar-refractivity contribution is 5.36. The molecule has 1 aromatic heterocycles. The third-order valence-electron chi connectivity index (χ3n) is 2.80. The zero-order valence-corrected chi connectivity index (χ0v) is 9.53. The summed E-state index contributed by atoms with van der Waals surface area (Å²) in [5.41, 5.74) is 1.14. The topological polar surface area (TPSA) is 37.8 Å². The van der Waals surface area contributed by atoms with Crippen LogP contribution in [0.15, 0.2) is 12.4 Å². The number of hydrogen-bond acceptors (Lipinski definition) is 3. The Morgan fingerprint density at radius 2 is 2.20 bits per heavy atom. The molecule has 0 aromatic carbocycles. The molecular weight excluding hydrogens is 186 g/mol. The second kappa shape index (κ2) is 4.60. The molecular formula is C12H19N3. The summed E-state index contributed by atoms with van der Waals surface area (Å²) in [7, 11) is 0. The van der Waals surface area contributed by atoms with Gasteiger partial charge < -0.3 is 5.32 Å². The first-order chi connectivity index (χ1) is 7.24.